The highest BCUT2D eigenvalue weighted by Crippen LogP contribution is 2.08. The van der Waals surface area contributed by atoms with E-state index in [0.717, 1.165) is 5.56 Å². The van der Waals surface area contributed by atoms with Crippen molar-refractivity contribution in [3.63, 3.8) is 0 Å². The van der Waals surface area contributed by atoms with E-state index in [1.807, 2.05) is 23.8 Å². The first kappa shape index (κ1) is 15.5. The van der Waals surface area contributed by atoms with Crippen molar-refractivity contribution in [3.8, 4) is 0 Å². The summed E-state index contributed by atoms with van der Waals surface area (Å²) in [5.41, 5.74) is 1.13. The highest BCUT2D eigenvalue weighted by atomic mass is 32.1. The highest BCUT2D eigenvalue weighted by Gasteiger charge is 2.19. The molecule has 1 aromatic heterocycles. The molecule has 1 aromatic rings. The Morgan fingerprint density at radius 1 is 1.42 bits per heavy atom. The molecule has 0 aromatic carbocycles. The number of hydrogen-bond donors (Lipinski definition) is 4. The zero-order chi connectivity index (χ0) is 14.3. The largest absolute Gasteiger partial charge is 0.480 e. The molecule has 0 bridgehead atoms. The molecular weight excluding hydrogens is 268 g/mol. The van der Waals surface area contributed by atoms with Crippen LogP contribution in [0.15, 0.2) is 16.8 Å². The summed E-state index contributed by atoms with van der Waals surface area (Å²) in [6.07, 6.45) is 0.677. The average Bonchev–Trinajstić information content (AvgIpc) is 2.80. The van der Waals surface area contributed by atoms with E-state index in [0.29, 0.717) is 6.42 Å². The summed E-state index contributed by atoms with van der Waals surface area (Å²) in [4.78, 5) is 22.4. The second-order valence-corrected chi connectivity index (χ2v) is 5.04. The maximum atomic E-state index is 11.6. The molecule has 0 spiro atoms. The van der Waals surface area contributed by atoms with Crippen molar-refractivity contribution < 1.29 is 19.8 Å². The third-order valence-electron chi connectivity index (χ3n) is 2.52. The van der Waals surface area contributed by atoms with E-state index in [4.69, 9.17) is 10.2 Å². The van der Waals surface area contributed by atoms with Gasteiger partial charge in [0.25, 0.3) is 0 Å². The Morgan fingerprint density at radius 2 is 2.16 bits per heavy atom. The molecule has 0 aliphatic heterocycles. The van der Waals surface area contributed by atoms with E-state index in [-0.39, 0.29) is 19.1 Å². The van der Waals surface area contributed by atoms with Crippen LogP contribution in [0.5, 0.6) is 0 Å². The van der Waals surface area contributed by atoms with Crippen LogP contribution < -0.4 is 10.6 Å². The van der Waals surface area contributed by atoms with E-state index in [1.54, 1.807) is 11.3 Å². The monoisotopic (exact) mass is 286 g/mol. The lowest BCUT2D eigenvalue weighted by Crippen LogP contribution is -2.49. The predicted molar refractivity (Wildman–Crippen MR) is 72.3 cm³/mol. The first-order valence-electron chi connectivity index (χ1n) is 5.94. The van der Waals surface area contributed by atoms with E-state index < -0.39 is 18.0 Å². The number of amides is 2. The molecular formula is C12H18N2O4S. The van der Waals surface area contributed by atoms with Gasteiger partial charge >= 0.3 is 12.0 Å². The summed E-state index contributed by atoms with van der Waals surface area (Å²) in [5.74, 6) is -1.16. The molecule has 0 aliphatic carbocycles. The van der Waals surface area contributed by atoms with Gasteiger partial charge in [0, 0.05) is 19.1 Å². The normalized spacial score (nSPS) is 13.6. The number of nitrogens with one attached hydrogen (secondary N) is 2. The SMILES string of the molecule is CC(Cc1ccsc1)NC(=O)NC(CCO)C(=O)O. The lowest BCUT2D eigenvalue weighted by molar-refractivity contribution is -0.139. The molecule has 1 heterocycles. The highest BCUT2D eigenvalue weighted by molar-refractivity contribution is 7.07. The minimum absolute atomic E-state index is 0.0122. The standard InChI is InChI=1S/C12H18N2O4S/c1-8(6-9-3-5-19-7-9)13-12(18)14-10(2-4-15)11(16)17/h3,5,7-8,10,15H,2,4,6H2,1H3,(H,16,17)(H2,13,14,18). The van der Waals surface area contributed by atoms with Crippen LogP contribution in [0.2, 0.25) is 0 Å². The molecule has 7 heteroatoms. The number of aliphatic hydroxyl groups excluding tert-OH is 1. The fourth-order valence-corrected chi connectivity index (χ4v) is 2.31. The van der Waals surface area contributed by atoms with Crippen molar-refractivity contribution in [2.24, 2.45) is 0 Å². The molecule has 19 heavy (non-hydrogen) atoms. The van der Waals surface area contributed by atoms with Crippen molar-refractivity contribution >= 4 is 23.3 Å². The second-order valence-electron chi connectivity index (χ2n) is 4.26. The molecule has 106 valence electrons. The van der Waals surface area contributed by atoms with Crippen LogP contribution in [0.1, 0.15) is 18.9 Å². The van der Waals surface area contributed by atoms with Gasteiger partial charge in [-0.2, -0.15) is 11.3 Å². The number of urea groups is 1. The first-order chi connectivity index (χ1) is 9.02. The van der Waals surface area contributed by atoms with Crippen LogP contribution in [-0.2, 0) is 11.2 Å². The van der Waals surface area contributed by atoms with Gasteiger partial charge in [-0.05, 0) is 35.7 Å². The van der Waals surface area contributed by atoms with Crippen molar-refractivity contribution in [2.45, 2.75) is 31.8 Å². The van der Waals surface area contributed by atoms with Crippen LogP contribution >= 0.6 is 11.3 Å². The summed E-state index contributed by atoms with van der Waals surface area (Å²) >= 11 is 1.59. The Hall–Kier alpha value is -1.60. The van der Waals surface area contributed by atoms with Crippen molar-refractivity contribution in [2.75, 3.05) is 6.61 Å². The molecule has 0 fully saturated rings. The van der Waals surface area contributed by atoms with E-state index >= 15 is 0 Å². The fraction of sp³-hybridized carbons (Fsp3) is 0.500. The van der Waals surface area contributed by atoms with Gasteiger partial charge < -0.3 is 20.8 Å². The third kappa shape index (κ3) is 5.71. The van der Waals surface area contributed by atoms with Crippen LogP contribution in [0.25, 0.3) is 0 Å². The number of rotatable bonds is 7. The summed E-state index contributed by atoms with van der Waals surface area (Å²) < 4.78 is 0. The van der Waals surface area contributed by atoms with Crippen molar-refractivity contribution in [3.05, 3.63) is 22.4 Å². The number of carboxylic acid groups (broad SMARTS) is 1. The zero-order valence-electron chi connectivity index (χ0n) is 10.6. The number of carbonyl (C=O) groups excluding carboxylic acids is 1. The number of aliphatic carboxylic acids is 1. The predicted octanol–water partition coefficient (Wildman–Crippen LogP) is 0.814. The van der Waals surface area contributed by atoms with E-state index in [1.165, 1.54) is 0 Å². The van der Waals surface area contributed by atoms with Crippen LogP contribution in [0.3, 0.4) is 0 Å². The molecule has 1 rings (SSSR count). The van der Waals surface area contributed by atoms with Crippen LogP contribution in [0.4, 0.5) is 4.79 Å². The molecule has 0 saturated carbocycles. The maximum absolute atomic E-state index is 11.6. The fourth-order valence-electron chi connectivity index (χ4n) is 1.62. The lowest BCUT2D eigenvalue weighted by Gasteiger charge is -2.17. The van der Waals surface area contributed by atoms with Gasteiger partial charge in [-0.1, -0.05) is 0 Å². The zero-order valence-corrected chi connectivity index (χ0v) is 11.4. The van der Waals surface area contributed by atoms with Gasteiger partial charge in [0.2, 0.25) is 0 Å². The smallest absolute Gasteiger partial charge is 0.326 e. The summed E-state index contributed by atoms with van der Waals surface area (Å²) in [6.45, 7) is 1.56. The quantitative estimate of drug-likeness (QED) is 0.596. The van der Waals surface area contributed by atoms with Gasteiger partial charge in [-0.3, -0.25) is 0 Å². The second kappa shape index (κ2) is 7.75. The van der Waals surface area contributed by atoms with Crippen molar-refractivity contribution in [1.29, 1.82) is 0 Å². The number of hydrogen-bond acceptors (Lipinski definition) is 4. The maximum Gasteiger partial charge on any atom is 0.326 e. The van der Waals surface area contributed by atoms with E-state index in [2.05, 4.69) is 10.6 Å². The molecule has 2 unspecified atom stereocenters. The minimum atomic E-state index is -1.16. The van der Waals surface area contributed by atoms with Gasteiger partial charge in [0.05, 0.1) is 0 Å². The van der Waals surface area contributed by atoms with Gasteiger partial charge in [0.15, 0.2) is 0 Å². The van der Waals surface area contributed by atoms with Crippen molar-refractivity contribution in [1.82, 2.24) is 10.6 Å². The Bertz CT molecular complexity index is 408. The average molecular weight is 286 g/mol. The van der Waals surface area contributed by atoms with E-state index in [9.17, 15) is 9.59 Å². The number of carboxylic acids is 1. The Balaban J connectivity index is 2.38. The molecule has 4 N–H and O–H groups in total. The number of aliphatic hydroxyl groups is 1. The van der Waals surface area contributed by atoms with Crippen LogP contribution in [0, 0.1) is 0 Å². The topological polar surface area (TPSA) is 98.7 Å². The summed E-state index contributed by atoms with van der Waals surface area (Å²) in [7, 11) is 0. The molecule has 0 radical (unpaired) electrons. The number of carbonyl (C=O) groups is 2. The van der Waals surface area contributed by atoms with Gasteiger partial charge in [0.1, 0.15) is 6.04 Å². The molecule has 6 nitrogen and oxygen atoms in total. The third-order valence-corrected chi connectivity index (χ3v) is 3.25. The Labute approximate surface area is 115 Å². The Kier molecular flexibility index (Phi) is 6.31. The number of thiophene rings is 1. The van der Waals surface area contributed by atoms with Gasteiger partial charge in [-0.25, -0.2) is 9.59 Å². The summed E-state index contributed by atoms with van der Waals surface area (Å²) in [6, 6.07) is 0.270. The first-order valence-corrected chi connectivity index (χ1v) is 6.89. The Morgan fingerprint density at radius 3 is 2.68 bits per heavy atom. The molecule has 2 amide bonds. The molecule has 0 saturated heterocycles. The molecule has 2 atom stereocenters. The lowest BCUT2D eigenvalue weighted by atomic mass is 10.1. The minimum Gasteiger partial charge on any atom is -0.480 e. The van der Waals surface area contributed by atoms with Gasteiger partial charge in [-0.15, -0.1) is 0 Å². The molecule has 0 aliphatic rings. The summed E-state index contributed by atoms with van der Waals surface area (Å²) in [5, 5.41) is 26.5. The van der Waals surface area contributed by atoms with Crippen LogP contribution in [-0.4, -0.2) is 40.9 Å².